The Kier molecular flexibility index (Phi) is 4.89. The van der Waals surface area contributed by atoms with E-state index in [1.54, 1.807) is 28.9 Å². The van der Waals surface area contributed by atoms with Gasteiger partial charge in [-0.05, 0) is 65.0 Å². The van der Waals surface area contributed by atoms with Gasteiger partial charge in [0.25, 0.3) is 11.8 Å². The molecule has 3 aliphatic heterocycles. The molecule has 1 aromatic carbocycles. The molecule has 28 heavy (non-hydrogen) atoms. The van der Waals surface area contributed by atoms with E-state index in [0.717, 1.165) is 25.7 Å². The van der Waals surface area contributed by atoms with E-state index in [9.17, 15) is 14.4 Å². The SMILES string of the molecule is CC(C(=O)N1C(C)CCCC1C)N1C(=O)C2CCCN2C(=O)c2ccccc21. The number of hydrogen-bond donors (Lipinski definition) is 0. The summed E-state index contributed by atoms with van der Waals surface area (Å²) in [5, 5.41) is 0. The Morgan fingerprint density at radius 2 is 1.71 bits per heavy atom. The maximum absolute atomic E-state index is 13.5. The first-order chi connectivity index (χ1) is 13.4. The summed E-state index contributed by atoms with van der Waals surface area (Å²) in [5.41, 5.74) is 1.07. The number of carbonyl (C=O) groups excluding carboxylic acids is 3. The predicted octanol–water partition coefficient (Wildman–Crippen LogP) is 2.82. The van der Waals surface area contributed by atoms with Gasteiger partial charge in [-0.2, -0.15) is 0 Å². The fraction of sp³-hybridized carbons (Fsp3) is 0.591. The van der Waals surface area contributed by atoms with Crippen LogP contribution in [0.25, 0.3) is 0 Å². The lowest BCUT2D eigenvalue weighted by Crippen LogP contribution is -2.57. The van der Waals surface area contributed by atoms with Gasteiger partial charge in [-0.15, -0.1) is 0 Å². The van der Waals surface area contributed by atoms with Crippen LogP contribution in [0.1, 0.15) is 63.2 Å². The number of para-hydroxylation sites is 1. The van der Waals surface area contributed by atoms with Crippen molar-refractivity contribution < 1.29 is 14.4 Å². The van der Waals surface area contributed by atoms with Crippen molar-refractivity contribution in [2.45, 2.75) is 77.0 Å². The number of anilines is 1. The van der Waals surface area contributed by atoms with Crippen LogP contribution in [0, 0.1) is 0 Å². The van der Waals surface area contributed by atoms with Crippen molar-refractivity contribution in [2.24, 2.45) is 0 Å². The molecule has 0 spiro atoms. The summed E-state index contributed by atoms with van der Waals surface area (Å²) in [4.78, 5) is 45.3. The van der Waals surface area contributed by atoms with Crippen molar-refractivity contribution >= 4 is 23.4 Å². The van der Waals surface area contributed by atoms with Gasteiger partial charge in [-0.1, -0.05) is 12.1 Å². The highest BCUT2D eigenvalue weighted by molar-refractivity contribution is 6.13. The molecule has 0 N–H and O–H groups in total. The largest absolute Gasteiger partial charge is 0.336 e. The molecule has 150 valence electrons. The number of rotatable bonds is 2. The van der Waals surface area contributed by atoms with Crippen LogP contribution in [0.5, 0.6) is 0 Å². The zero-order chi connectivity index (χ0) is 20.0. The molecule has 2 saturated heterocycles. The number of benzene rings is 1. The Bertz CT molecular complexity index is 798. The lowest BCUT2D eigenvalue weighted by atomic mass is 9.96. The fourth-order valence-corrected chi connectivity index (χ4v) is 5.15. The molecule has 4 rings (SSSR count). The Morgan fingerprint density at radius 3 is 2.43 bits per heavy atom. The molecule has 0 bridgehead atoms. The number of likely N-dealkylation sites (tertiary alicyclic amines) is 1. The maximum Gasteiger partial charge on any atom is 0.256 e. The molecule has 3 amide bonds. The van der Waals surface area contributed by atoms with Gasteiger partial charge < -0.3 is 9.80 Å². The van der Waals surface area contributed by atoms with Crippen molar-refractivity contribution in [3.8, 4) is 0 Å². The van der Waals surface area contributed by atoms with Gasteiger partial charge in [0.05, 0.1) is 11.3 Å². The first-order valence-corrected chi connectivity index (χ1v) is 10.5. The van der Waals surface area contributed by atoms with E-state index in [2.05, 4.69) is 13.8 Å². The first-order valence-electron chi connectivity index (χ1n) is 10.5. The highest BCUT2D eigenvalue weighted by Crippen LogP contribution is 2.34. The molecule has 0 aliphatic carbocycles. The molecule has 1 aromatic rings. The second kappa shape index (κ2) is 7.22. The van der Waals surface area contributed by atoms with Gasteiger partial charge >= 0.3 is 0 Å². The van der Waals surface area contributed by atoms with Crippen molar-refractivity contribution in [3.63, 3.8) is 0 Å². The molecular weight excluding hydrogens is 354 g/mol. The fourth-order valence-electron chi connectivity index (χ4n) is 5.15. The van der Waals surface area contributed by atoms with Crippen LogP contribution in [0.2, 0.25) is 0 Å². The van der Waals surface area contributed by atoms with Gasteiger partial charge in [0.15, 0.2) is 0 Å². The number of piperidine rings is 1. The topological polar surface area (TPSA) is 60.9 Å². The third kappa shape index (κ3) is 2.90. The van der Waals surface area contributed by atoms with Gasteiger partial charge in [0.1, 0.15) is 12.1 Å². The summed E-state index contributed by atoms with van der Waals surface area (Å²) in [7, 11) is 0. The van der Waals surface area contributed by atoms with Crippen LogP contribution in [0.15, 0.2) is 24.3 Å². The standard InChI is InChI=1S/C22H29N3O3/c1-14-8-6-9-15(2)24(14)20(26)16(3)25-18-11-5-4-10-17(18)21(27)23-13-7-12-19(23)22(25)28/h4-5,10-11,14-16,19H,6-9,12-13H2,1-3H3. The number of nitrogens with zero attached hydrogens (tertiary/aromatic N) is 3. The Balaban J connectivity index is 1.74. The van der Waals surface area contributed by atoms with Crippen molar-refractivity contribution in [1.82, 2.24) is 9.80 Å². The van der Waals surface area contributed by atoms with E-state index >= 15 is 0 Å². The molecule has 4 unspecified atom stereocenters. The van der Waals surface area contributed by atoms with Gasteiger partial charge in [0.2, 0.25) is 5.91 Å². The van der Waals surface area contributed by atoms with Crippen molar-refractivity contribution in [1.29, 1.82) is 0 Å². The molecule has 6 nitrogen and oxygen atoms in total. The zero-order valence-electron chi connectivity index (χ0n) is 16.9. The minimum absolute atomic E-state index is 0.0262. The van der Waals surface area contributed by atoms with E-state index < -0.39 is 12.1 Å². The summed E-state index contributed by atoms with van der Waals surface area (Å²) in [6, 6.07) is 6.43. The van der Waals surface area contributed by atoms with Crippen LogP contribution in [-0.4, -0.2) is 58.2 Å². The van der Waals surface area contributed by atoms with Crippen molar-refractivity contribution in [3.05, 3.63) is 29.8 Å². The predicted molar refractivity (Wildman–Crippen MR) is 107 cm³/mol. The number of hydrogen-bond acceptors (Lipinski definition) is 3. The third-order valence-electron chi connectivity index (χ3n) is 6.62. The molecule has 3 heterocycles. The van der Waals surface area contributed by atoms with Crippen LogP contribution >= 0.6 is 0 Å². The summed E-state index contributed by atoms with van der Waals surface area (Å²) in [5.74, 6) is -0.260. The van der Waals surface area contributed by atoms with E-state index in [4.69, 9.17) is 0 Å². The second-order valence-corrected chi connectivity index (χ2v) is 8.43. The van der Waals surface area contributed by atoms with E-state index in [1.165, 1.54) is 0 Å². The molecule has 0 radical (unpaired) electrons. The molecule has 6 heteroatoms. The molecule has 3 aliphatic rings. The molecule has 0 aromatic heterocycles. The Morgan fingerprint density at radius 1 is 1.04 bits per heavy atom. The van der Waals surface area contributed by atoms with Crippen LogP contribution in [-0.2, 0) is 9.59 Å². The lowest BCUT2D eigenvalue weighted by molar-refractivity contribution is -0.140. The zero-order valence-corrected chi connectivity index (χ0v) is 16.9. The van der Waals surface area contributed by atoms with Gasteiger partial charge in [-0.25, -0.2) is 0 Å². The average molecular weight is 383 g/mol. The lowest BCUT2D eigenvalue weighted by Gasteiger charge is -2.42. The van der Waals surface area contributed by atoms with Gasteiger partial charge in [0, 0.05) is 18.6 Å². The minimum atomic E-state index is -0.634. The quantitative estimate of drug-likeness (QED) is 0.789. The summed E-state index contributed by atoms with van der Waals surface area (Å²) in [6.07, 6.45) is 4.58. The number of amides is 3. The third-order valence-corrected chi connectivity index (χ3v) is 6.62. The van der Waals surface area contributed by atoms with E-state index in [-0.39, 0.29) is 29.8 Å². The van der Waals surface area contributed by atoms with Gasteiger partial charge in [-0.3, -0.25) is 19.3 Å². The molecular formula is C22H29N3O3. The average Bonchev–Trinajstić information content (AvgIpc) is 3.14. The Labute approximate surface area is 166 Å². The van der Waals surface area contributed by atoms with Crippen molar-refractivity contribution in [2.75, 3.05) is 11.4 Å². The minimum Gasteiger partial charge on any atom is -0.336 e. The molecule has 0 saturated carbocycles. The van der Waals surface area contributed by atoms with Crippen LogP contribution in [0.4, 0.5) is 5.69 Å². The summed E-state index contributed by atoms with van der Waals surface area (Å²) >= 11 is 0. The summed E-state index contributed by atoms with van der Waals surface area (Å²) in [6.45, 7) is 6.57. The molecule has 4 atom stereocenters. The second-order valence-electron chi connectivity index (χ2n) is 8.43. The molecule has 2 fully saturated rings. The highest BCUT2D eigenvalue weighted by Gasteiger charge is 2.45. The van der Waals surface area contributed by atoms with E-state index in [0.29, 0.717) is 24.2 Å². The highest BCUT2D eigenvalue weighted by atomic mass is 16.2. The number of fused-ring (bicyclic) bond motifs is 2. The smallest absolute Gasteiger partial charge is 0.256 e. The van der Waals surface area contributed by atoms with Crippen LogP contribution < -0.4 is 4.90 Å². The maximum atomic E-state index is 13.5. The Hall–Kier alpha value is -2.37. The van der Waals surface area contributed by atoms with E-state index in [1.807, 2.05) is 17.0 Å². The first kappa shape index (κ1) is 19.0. The van der Waals surface area contributed by atoms with Crippen LogP contribution in [0.3, 0.4) is 0 Å². The normalized spacial score (nSPS) is 28.7. The summed E-state index contributed by atoms with van der Waals surface area (Å²) < 4.78 is 0. The monoisotopic (exact) mass is 383 g/mol. The number of carbonyl (C=O) groups is 3.